The van der Waals surface area contributed by atoms with Crippen molar-refractivity contribution in [3.05, 3.63) is 34.9 Å². The quantitative estimate of drug-likeness (QED) is 0.877. The Labute approximate surface area is 155 Å². The maximum atomic E-state index is 12.7. The zero-order valence-corrected chi connectivity index (χ0v) is 15.5. The molecule has 0 spiro atoms. The number of carbonyl (C=O) groups is 1. The molecule has 1 amide bonds. The molecular weight excluding hydrogens is 347 g/mol. The number of halogens is 2. The van der Waals surface area contributed by atoms with Crippen molar-refractivity contribution in [2.45, 2.75) is 44.2 Å². The summed E-state index contributed by atoms with van der Waals surface area (Å²) in [5.74, 6) is 0.214. The normalized spacial score (nSPS) is 24.3. The number of hydrogen-bond donors (Lipinski definition) is 1. The third-order valence-corrected chi connectivity index (χ3v) is 5.13. The number of piperazine rings is 1. The highest BCUT2D eigenvalue weighted by Crippen LogP contribution is 2.29. The Morgan fingerprint density at radius 2 is 2.17 bits per heavy atom. The van der Waals surface area contributed by atoms with Crippen molar-refractivity contribution in [1.82, 2.24) is 10.2 Å². The minimum Gasteiger partial charge on any atom is -0.378 e. The first-order chi connectivity index (χ1) is 11.3. The summed E-state index contributed by atoms with van der Waals surface area (Å²) in [7, 11) is 0. The molecule has 3 rings (SSSR count). The van der Waals surface area contributed by atoms with E-state index in [1.807, 2.05) is 29.2 Å². The average molecular weight is 373 g/mol. The Hall–Kier alpha value is -0.810. The van der Waals surface area contributed by atoms with Crippen LogP contribution in [0.3, 0.4) is 0 Å². The Balaban J connectivity index is 0.00000208. The second kappa shape index (κ2) is 9.62. The summed E-state index contributed by atoms with van der Waals surface area (Å²) in [6.07, 6.45) is 5.10. The molecule has 2 saturated heterocycles. The molecular formula is C18H26Cl2N2O2. The van der Waals surface area contributed by atoms with E-state index in [1.54, 1.807) is 0 Å². The molecule has 1 aromatic carbocycles. The van der Waals surface area contributed by atoms with Gasteiger partial charge in [-0.2, -0.15) is 0 Å². The van der Waals surface area contributed by atoms with Crippen LogP contribution in [0, 0.1) is 0 Å². The van der Waals surface area contributed by atoms with Gasteiger partial charge in [0.15, 0.2) is 0 Å². The van der Waals surface area contributed by atoms with Crippen LogP contribution in [0.4, 0.5) is 0 Å². The van der Waals surface area contributed by atoms with E-state index in [2.05, 4.69) is 5.32 Å². The highest BCUT2D eigenvalue weighted by atomic mass is 35.5. The van der Waals surface area contributed by atoms with Crippen LogP contribution >= 0.6 is 24.0 Å². The Kier molecular flexibility index (Phi) is 7.82. The molecule has 2 atom stereocenters. The molecule has 0 radical (unpaired) electrons. The maximum Gasteiger partial charge on any atom is 0.223 e. The SMILES string of the molecule is Cl.O=C(CCC1CCCCO1)N1CCNCC1c1ccccc1Cl. The second-order valence-electron chi connectivity index (χ2n) is 6.36. The van der Waals surface area contributed by atoms with Crippen molar-refractivity contribution in [2.75, 3.05) is 26.2 Å². The maximum absolute atomic E-state index is 12.7. The van der Waals surface area contributed by atoms with Crippen molar-refractivity contribution >= 4 is 29.9 Å². The van der Waals surface area contributed by atoms with Crippen LogP contribution < -0.4 is 5.32 Å². The average Bonchev–Trinajstić information content (AvgIpc) is 2.61. The number of ether oxygens (including phenoxy) is 1. The number of benzene rings is 1. The van der Waals surface area contributed by atoms with Crippen molar-refractivity contribution in [1.29, 1.82) is 0 Å². The molecule has 2 heterocycles. The fraction of sp³-hybridized carbons (Fsp3) is 0.611. The van der Waals surface area contributed by atoms with Gasteiger partial charge in [-0.05, 0) is 37.3 Å². The third kappa shape index (κ3) is 4.85. The van der Waals surface area contributed by atoms with Gasteiger partial charge in [-0.15, -0.1) is 12.4 Å². The van der Waals surface area contributed by atoms with Gasteiger partial charge in [0, 0.05) is 37.7 Å². The Morgan fingerprint density at radius 1 is 1.33 bits per heavy atom. The minimum atomic E-state index is 0. The van der Waals surface area contributed by atoms with Crippen LogP contribution in [0.1, 0.15) is 43.7 Å². The largest absolute Gasteiger partial charge is 0.378 e. The monoisotopic (exact) mass is 372 g/mol. The molecule has 2 fully saturated rings. The summed E-state index contributed by atoms with van der Waals surface area (Å²) in [6, 6.07) is 7.84. The van der Waals surface area contributed by atoms with Crippen molar-refractivity contribution in [3.63, 3.8) is 0 Å². The first-order valence-electron chi connectivity index (χ1n) is 8.62. The number of carbonyl (C=O) groups excluding carboxylic acids is 1. The van der Waals surface area contributed by atoms with Gasteiger partial charge in [0.25, 0.3) is 0 Å². The molecule has 2 aliphatic heterocycles. The Bertz CT molecular complexity index is 536. The lowest BCUT2D eigenvalue weighted by molar-refractivity contribution is -0.135. The van der Waals surface area contributed by atoms with E-state index < -0.39 is 0 Å². The van der Waals surface area contributed by atoms with E-state index in [1.165, 1.54) is 6.42 Å². The number of nitrogens with one attached hydrogen (secondary N) is 1. The molecule has 2 unspecified atom stereocenters. The van der Waals surface area contributed by atoms with Gasteiger partial charge in [0.2, 0.25) is 5.91 Å². The predicted molar refractivity (Wildman–Crippen MR) is 98.8 cm³/mol. The van der Waals surface area contributed by atoms with E-state index in [-0.39, 0.29) is 30.5 Å². The van der Waals surface area contributed by atoms with Gasteiger partial charge >= 0.3 is 0 Å². The molecule has 24 heavy (non-hydrogen) atoms. The lowest BCUT2D eigenvalue weighted by Crippen LogP contribution is -2.48. The summed E-state index contributed by atoms with van der Waals surface area (Å²) in [5.41, 5.74) is 1.03. The van der Waals surface area contributed by atoms with Crippen LogP contribution in [0.15, 0.2) is 24.3 Å². The molecule has 4 nitrogen and oxygen atoms in total. The van der Waals surface area contributed by atoms with Gasteiger partial charge in [-0.3, -0.25) is 4.79 Å². The molecule has 2 aliphatic rings. The van der Waals surface area contributed by atoms with Gasteiger partial charge in [-0.1, -0.05) is 29.8 Å². The third-order valence-electron chi connectivity index (χ3n) is 4.78. The van der Waals surface area contributed by atoms with Crippen LogP contribution in [0.5, 0.6) is 0 Å². The standard InChI is InChI=1S/C18H25ClN2O2.ClH/c19-16-7-2-1-6-15(16)17-13-20-10-11-21(17)18(22)9-8-14-5-3-4-12-23-14;/h1-2,6-7,14,17,20H,3-5,8-13H2;1H. The second-order valence-corrected chi connectivity index (χ2v) is 6.76. The predicted octanol–water partition coefficient (Wildman–Crippen LogP) is 3.58. The highest BCUT2D eigenvalue weighted by Gasteiger charge is 2.29. The summed E-state index contributed by atoms with van der Waals surface area (Å²) in [4.78, 5) is 14.7. The lowest BCUT2D eigenvalue weighted by Gasteiger charge is -2.37. The molecule has 6 heteroatoms. The molecule has 1 N–H and O–H groups in total. The summed E-state index contributed by atoms with van der Waals surface area (Å²) in [6.45, 7) is 3.18. The fourth-order valence-corrected chi connectivity index (χ4v) is 3.75. The first-order valence-corrected chi connectivity index (χ1v) is 8.99. The lowest BCUT2D eigenvalue weighted by atomic mass is 10.0. The summed E-state index contributed by atoms with van der Waals surface area (Å²) in [5, 5.41) is 4.10. The molecule has 0 aliphatic carbocycles. The zero-order chi connectivity index (χ0) is 16.1. The Morgan fingerprint density at radius 3 is 2.92 bits per heavy atom. The van der Waals surface area contributed by atoms with Crippen molar-refractivity contribution < 1.29 is 9.53 Å². The number of amides is 1. The molecule has 134 valence electrons. The summed E-state index contributed by atoms with van der Waals surface area (Å²) >= 11 is 6.34. The van der Waals surface area contributed by atoms with E-state index >= 15 is 0 Å². The van der Waals surface area contributed by atoms with E-state index in [0.29, 0.717) is 6.42 Å². The first kappa shape index (κ1) is 19.5. The van der Waals surface area contributed by atoms with Crippen LogP contribution in [0.2, 0.25) is 5.02 Å². The fourth-order valence-electron chi connectivity index (χ4n) is 3.49. The van der Waals surface area contributed by atoms with Gasteiger partial charge < -0.3 is 15.0 Å². The summed E-state index contributed by atoms with van der Waals surface area (Å²) < 4.78 is 5.74. The smallest absolute Gasteiger partial charge is 0.223 e. The van der Waals surface area contributed by atoms with Crippen LogP contribution in [0.25, 0.3) is 0 Å². The van der Waals surface area contributed by atoms with Crippen molar-refractivity contribution in [2.24, 2.45) is 0 Å². The molecule has 0 saturated carbocycles. The minimum absolute atomic E-state index is 0. The molecule has 0 aromatic heterocycles. The van der Waals surface area contributed by atoms with Gasteiger partial charge in [0.1, 0.15) is 0 Å². The van der Waals surface area contributed by atoms with Gasteiger partial charge in [-0.25, -0.2) is 0 Å². The number of nitrogens with zero attached hydrogens (tertiary/aromatic N) is 1. The van der Waals surface area contributed by atoms with E-state index in [4.69, 9.17) is 16.3 Å². The topological polar surface area (TPSA) is 41.6 Å². The zero-order valence-electron chi connectivity index (χ0n) is 13.9. The molecule has 0 bridgehead atoms. The number of hydrogen-bond acceptors (Lipinski definition) is 3. The van der Waals surface area contributed by atoms with Crippen molar-refractivity contribution in [3.8, 4) is 0 Å². The van der Waals surface area contributed by atoms with E-state index in [9.17, 15) is 4.79 Å². The van der Waals surface area contributed by atoms with Gasteiger partial charge in [0.05, 0.1) is 12.1 Å². The molecule has 1 aromatic rings. The van der Waals surface area contributed by atoms with Crippen LogP contribution in [-0.4, -0.2) is 43.2 Å². The van der Waals surface area contributed by atoms with E-state index in [0.717, 1.165) is 56.1 Å². The number of rotatable bonds is 4. The highest BCUT2D eigenvalue weighted by molar-refractivity contribution is 6.31. The van der Waals surface area contributed by atoms with Crippen LogP contribution in [-0.2, 0) is 9.53 Å².